The van der Waals surface area contributed by atoms with Crippen molar-refractivity contribution in [3.05, 3.63) is 41.5 Å². The van der Waals surface area contributed by atoms with Crippen molar-refractivity contribution in [3.8, 4) is 0 Å². The molecule has 12 heteroatoms. The van der Waals surface area contributed by atoms with Crippen molar-refractivity contribution >= 4 is 12.0 Å². The summed E-state index contributed by atoms with van der Waals surface area (Å²) < 4.78 is 5.59. The van der Waals surface area contributed by atoms with Crippen LogP contribution in [0.25, 0.3) is 6.08 Å². The fraction of sp³-hybridized carbons (Fsp3) is 0.571. The number of amides is 1. The molecule has 9 atom stereocenters. The van der Waals surface area contributed by atoms with E-state index in [4.69, 9.17) is 9.84 Å². The van der Waals surface area contributed by atoms with Gasteiger partial charge in [-0.1, -0.05) is 24.8 Å². The Balaban J connectivity index is 2.23. The molecule has 1 aliphatic rings. The Morgan fingerprint density at radius 1 is 1.06 bits per heavy atom. The maximum Gasteiger partial charge on any atom is 0.251 e. The third-order valence-corrected chi connectivity index (χ3v) is 5.58. The summed E-state index contributed by atoms with van der Waals surface area (Å²) in [4.78, 5) is 12.3. The van der Waals surface area contributed by atoms with Gasteiger partial charge in [0.25, 0.3) is 5.91 Å². The van der Waals surface area contributed by atoms with E-state index in [-0.39, 0.29) is 6.54 Å². The molecule has 2 rings (SSSR count). The van der Waals surface area contributed by atoms with Crippen molar-refractivity contribution in [2.24, 2.45) is 0 Å². The second kappa shape index (κ2) is 11.9. The second-order valence-electron chi connectivity index (χ2n) is 7.81. The summed E-state index contributed by atoms with van der Waals surface area (Å²) in [7, 11) is 0. The van der Waals surface area contributed by atoms with Crippen molar-refractivity contribution in [2.75, 3.05) is 13.2 Å². The fourth-order valence-electron chi connectivity index (χ4n) is 3.49. The first-order chi connectivity index (χ1) is 15.6. The number of benzene rings is 1. The van der Waals surface area contributed by atoms with Crippen LogP contribution in [0, 0.1) is 0 Å². The van der Waals surface area contributed by atoms with Crippen LogP contribution in [-0.2, 0) is 16.1 Å². The fourth-order valence-corrected chi connectivity index (χ4v) is 3.49. The van der Waals surface area contributed by atoms with Crippen LogP contribution in [0.5, 0.6) is 0 Å². The number of ether oxygens (including phenoxy) is 1. The van der Waals surface area contributed by atoms with E-state index in [0.717, 1.165) is 0 Å². The highest BCUT2D eigenvalue weighted by molar-refractivity contribution is 5.81. The minimum atomic E-state index is -2.13. The number of nitrogens with one attached hydrogen (secondary N) is 1. The lowest BCUT2D eigenvalue weighted by atomic mass is 9.88. The Hall–Kier alpha value is -1.97. The quantitative estimate of drug-likeness (QED) is 0.157. The van der Waals surface area contributed by atoms with E-state index in [9.17, 15) is 45.6 Å². The molecule has 0 radical (unpaired) electrons. The van der Waals surface area contributed by atoms with E-state index in [1.54, 1.807) is 18.2 Å². The molecule has 0 aliphatic carbocycles. The maximum atomic E-state index is 12.3. The number of carbonyl (C=O) groups excluding carboxylic acids is 1. The minimum absolute atomic E-state index is 0.247. The normalized spacial score (nSPS) is 29.1. The van der Waals surface area contributed by atoms with Crippen LogP contribution in [0.2, 0.25) is 0 Å². The number of carbonyl (C=O) groups is 1. The summed E-state index contributed by atoms with van der Waals surface area (Å²) in [6.45, 7) is 1.88. The predicted molar refractivity (Wildman–Crippen MR) is 112 cm³/mol. The smallest absolute Gasteiger partial charge is 0.251 e. The molecule has 1 fully saturated rings. The first kappa shape index (κ1) is 27.3. The molecule has 1 amide bonds. The molecule has 186 valence electrons. The Morgan fingerprint density at radius 3 is 2.30 bits per heavy atom. The van der Waals surface area contributed by atoms with Crippen LogP contribution in [0.1, 0.15) is 22.8 Å². The van der Waals surface area contributed by atoms with Gasteiger partial charge in [0.2, 0.25) is 0 Å². The van der Waals surface area contributed by atoms with E-state index in [1.807, 2.05) is 0 Å². The molecule has 12 nitrogen and oxygen atoms in total. The van der Waals surface area contributed by atoms with Crippen molar-refractivity contribution in [2.45, 2.75) is 61.5 Å². The molecule has 1 heterocycles. The lowest BCUT2D eigenvalue weighted by Gasteiger charge is -2.41. The molecule has 10 N–H and O–H groups in total. The lowest BCUT2D eigenvalue weighted by molar-refractivity contribution is -0.231. The molecule has 1 aromatic rings. The highest BCUT2D eigenvalue weighted by Crippen LogP contribution is 2.34. The van der Waals surface area contributed by atoms with Crippen LogP contribution in [-0.4, -0.2) is 114 Å². The summed E-state index contributed by atoms with van der Waals surface area (Å²) in [5.74, 6) is -1.10. The molecule has 0 unspecified atom stereocenters. The third-order valence-electron chi connectivity index (χ3n) is 5.58. The zero-order valence-corrected chi connectivity index (χ0v) is 17.7. The Kier molecular flexibility index (Phi) is 9.87. The van der Waals surface area contributed by atoms with Gasteiger partial charge in [0.05, 0.1) is 13.2 Å². The molecule has 0 aromatic heterocycles. The molecule has 1 aliphatic heterocycles. The monoisotopic (exact) mass is 473 g/mol. The number of aliphatic hydroxyl groups is 9. The molecular formula is C21H31NO11. The van der Waals surface area contributed by atoms with E-state index < -0.39 is 74.1 Å². The van der Waals surface area contributed by atoms with Crippen molar-refractivity contribution in [1.29, 1.82) is 0 Å². The highest BCUT2D eigenvalue weighted by Gasteiger charge is 2.44. The Labute approximate surface area is 189 Å². The lowest BCUT2D eigenvalue weighted by Crippen LogP contribution is -2.55. The van der Waals surface area contributed by atoms with Gasteiger partial charge in [0.1, 0.15) is 48.8 Å². The van der Waals surface area contributed by atoms with Crippen LogP contribution >= 0.6 is 0 Å². The van der Waals surface area contributed by atoms with Crippen molar-refractivity contribution in [3.63, 3.8) is 0 Å². The average Bonchev–Trinajstić information content (AvgIpc) is 2.84. The molecule has 0 spiro atoms. The number of rotatable bonds is 10. The zero-order valence-electron chi connectivity index (χ0n) is 17.7. The van der Waals surface area contributed by atoms with E-state index in [0.29, 0.717) is 16.7 Å². The summed E-state index contributed by atoms with van der Waals surface area (Å²) >= 11 is 0. The zero-order chi connectivity index (χ0) is 24.9. The van der Waals surface area contributed by atoms with Gasteiger partial charge in [0.15, 0.2) is 6.10 Å². The Morgan fingerprint density at radius 2 is 1.73 bits per heavy atom. The molecule has 1 saturated heterocycles. The van der Waals surface area contributed by atoms with Crippen molar-refractivity contribution < 1.29 is 55.5 Å². The van der Waals surface area contributed by atoms with Gasteiger partial charge in [-0.25, -0.2) is 0 Å². The van der Waals surface area contributed by atoms with Crippen LogP contribution in [0.3, 0.4) is 0 Å². The predicted octanol–water partition coefficient (Wildman–Crippen LogP) is -4.10. The SMILES string of the molecule is C=Cc1ccc(CNC(=O)[C@H](O)[C@@H](O)[C@H](O)[C@H](O)CO)c([C@H]2O[C@H](CO)[C@H](O)[C@H](O)[C@H]2O)c1. The highest BCUT2D eigenvalue weighted by atomic mass is 16.5. The summed E-state index contributed by atoms with van der Waals surface area (Å²) in [6.07, 6.45) is -13.5. The van der Waals surface area contributed by atoms with E-state index in [1.165, 1.54) is 6.08 Å². The molecule has 1 aromatic carbocycles. The minimum Gasteiger partial charge on any atom is -0.394 e. The van der Waals surface area contributed by atoms with Gasteiger partial charge < -0.3 is 56.0 Å². The number of hydrogen-bond donors (Lipinski definition) is 10. The largest absolute Gasteiger partial charge is 0.394 e. The van der Waals surface area contributed by atoms with Gasteiger partial charge in [-0.3, -0.25) is 4.79 Å². The third kappa shape index (κ3) is 6.13. The molecule has 33 heavy (non-hydrogen) atoms. The van der Waals surface area contributed by atoms with Gasteiger partial charge in [-0.15, -0.1) is 0 Å². The average molecular weight is 473 g/mol. The van der Waals surface area contributed by atoms with Crippen LogP contribution in [0.4, 0.5) is 0 Å². The molecule has 0 saturated carbocycles. The molecule has 0 bridgehead atoms. The Bertz CT molecular complexity index is 804. The first-order valence-electron chi connectivity index (χ1n) is 10.2. The number of hydrogen-bond acceptors (Lipinski definition) is 11. The van der Waals surface area contributed by atoms with E-state index >= 15 is 0 Å². The van der Waals surface area contributed by atoms with Crippen LogP contribution < -0.4 is 5.32 Å². The first-order valence-corrected chi connectivity index (χ1v) is 10.2. The summed E-state index contributed by atoms with van der Waals surface area (Å²) in [5.41, 5.74) is 1.28. The summed E-state index contributed by atoms with van der Waals surface area (Å²) in [6, 6.07) is 4.75. The topological polar surface area (TPSA) is 220 Å². The number of aliphatic hydroxyl groups excluding tert-OH is 9. The van der Waals surface area contributed by atoms with Gasteiger partial charge in [-0.05, 0) is 22.8 Å². The van der Waals surface area contributed by atoms with Gasteiger partial charge in [0, 0.05) is 6.54 Å². The summed E-state index contributed by atoms with van der Waals surface area (Å²) in [5, 5.41) is 90.0. The maximum absolute atomic E-state index is 12.3. The van der Waals surface area contributed by atoms with E-state index in [2.05, 4.69) is 11.9 Å². The van der Waals surface area contributed by atoms with Gasteiger partial charge >= 0.3 is 0 Å². The standard InChI is InChI=1S/C21H31NO11/c1-2-9-3-4-10(6-22-21(32)19(31)16(28)14(26)12(25)7-23)11(5-9)20-18(30)17(29)15(27)13(8-24)33-20/h2-5,12-20,23-31H,1,6-8H2,(H,22,32)/t12-,13-,14-,15+,16+,17+,18-,19-,20-/m1/s1. The molecular weight excluding hydrogens is 442 g/mol. The van der Waals surface area contributed by atoms with Gasteiger partial charge in [-0.2, -0.15) is 0 Å². The second-order valence-corrected chi connectivity index (χ2v) is 7.81. The van der Waals surface area contributed by atoms with Crippen LogP contribution in [0.15, 0.2) is 24.8 Å². The van der Waals surface area contributed by atoms with Crippen molar-refractivity contribution in [1.82, 2.24) is 5.32 Å².